The molecule has 0 aliphatic rings. The molecule has 2 aromatic carbocycles. The first-order chi connectivity index (χ1) is 14.6. The van der Waals surface area contributed by atoms with Gasteiger partial charge in [-0.15, -0.1) is 0 Å². The highest BCUT2D eigenvalue weighted by Crippen LogP contribution is 2.29. The molecule has 0 atom stereocenters. The van der Waals surface area contributed by atoms with Crippen molar-refractivity contribution < 1.29 is 18.4 Å². The minimum atomic E-state index is -3.50. The van der Waals surface area contributed by atoms with Gasteiger partial charge < -0.3 is 13.9 Å². The lowest BCUT2D eigenvalue weighted by atomic mass is 10.2. The Morgan fingerprint density at radius 2 is 1.06 bits per heavy atom. The molecule has 0 heterocycles. The van der Waals surface area contributed by atoms with Crippen molar-refractivity contribution in [2.75, 3.05) is 54.4 Å². The monoisotopic (exact) mass is 448 g/mol. The largest absolute Gasteiger partial charge is 0.338 e. The van der Waals surface area contributed by atoms with Crippen molar-refractivity contribution >= 4 is 7.67 Å². The predicted molar refractivity (Wildman–Crippen MR) is 129 cm³/mol. The molecule has 0 saturated carbocycles. The van der Waals surface area contributed by atoms with E-state index in [1.807, 2.05) is 12.1 Å². The van der Waals surface area contributed by atoms with Crippen molar-refractivity contribution in [1.82, 2.24) is 10.2 Å². The minimum Gasteiger partial charge on any atom is -0.325 e. The van der Waals surface area contributed by atoms with Crippen LogP contribution in [0.4, 0.5) is 0 Å². The molecule has 0 saturated heterocycles. The molecule has 0 aliphatic carbocycles. The molecule has 0 amide bonds. The van der Waals surface area contributed by atoms with E-state index < -0.39 is 7.67 Å². The summed E-state index contributed by atoms with van der Waals surface area (Å²) in [5.41, 5.74) is 2.62. The highest BCUT2D eigenvalue weighted by molar-refractivity contribution is 7.53. The van der Waals surface area contributed by atoms with Crippen molar-refractivity contribution in [2.45, 2.75) is 25.9 Å². The van der Waals surface area contributed by atoms with Crippen LogP contribution < -0.4 is 10.2 Å². The highest BCUT2D eigenvalue weighted by atomic mass is 31.2. The van der Waals surface area contributed by atoms with Gasteiger partial charge in [-0.25, -0.2) is 10.2 Å². The van der Waals surface area contributed by atoms with E-state index in [4.69, 9.17) is 0 Å². The Morgan fingerprint density at radius 1 is 0.710 bits per heavy atom. The molecule has 0 spiro atoms. The minimum absolute atomic E-state index is 0.521. The summed E-state index contributed by atoms with van der Waals surface area (Å²) in [6.07, 6.45) is 1.68. The number of quaternary nitrogens is 2. The van der Waals surface area contributed by atoms with Crippen LogP contribution in [0.3, 0.4) is 0 Å². The third kappa shape index (κ3) is 11.1. The van der Waals surface area contributed by atoms with E-state index in [9.17, 15) is 9.46 Å². The van der Waals surface area contributed by atoms with Gasteiger partial charge in [0, 0.05) is 37.1 Å². The second kappa shape index (κ2) is 11.9. The molecule has 2 rings (SSSR count). The molecular weight excluding hydrogens is 407 g/mol. The topological polar surface area (TPSA) is 61.4 Å². The molecule has 0 fully saturated rings. The van der Waals surface area contributed by atoms with E-state index in [1.165, 1.54) is 11.1 Å². The van der Waals surface area contributed by atoms with Crippen molar-refractivity contribution in [3.63, 3.8) is 0 Å². The van der Waals surface area contributed by atoms with E-state index in [-0.39, 0.29) is 0 Å². The second-order valence-corrected chi connectivity index (χ2v) is 11.5. The van der Waals surface area contributed by atoms with Crippen LogP contribution in [-0.4, -0.2) is 68.2 Å². The number of hydrogen-bond donors (Lipinski definition) is 3. The van der Waals surface area contributed by atoms with Crippen LogP contribution >= 0.6 is 7.67 Å². The molecule has 0 radical (unpaired) electrons. The van der Waals surface area contributed by atoms with Gasteiger partial charge in [0.05, 0.1) is 41.3 Å². The lowest BCUT2D eigenvalue weighted by Gasteiger charge is -2.30. The van der Waals surface area contributed by atoms with Gasteiger partial charge in [0.1, 0.15) is 13.1 Å². The Labute approximate surface area is 188 Å². The summed E-state index contributed by atoms with van der Waals surface area (Å²) >= 11 is 0. The Bertz CT molecular complexity index is 747. The predicted octanol–water partition coefficient (Wildman–Crippen LogP) is 3.60. The van der Waals surface area contributed by atoms with Gasteiger partial charge in [0.2, 0.25) is 0 Å². The van der Waals surface area contributed by atoms with Gasteiger partial charge in [-0.05, 0) is 0 Å². The first-order valence-corrected chi connectivity index (χ1v) is 12.8. The SMILES string of the molecule is C[N+](C)(CCCNP(=O)(O)NCCC[N+](C)(C)Cc1ccccc1)Cc1ccccc1. The molecule has 3 N–H and O–H groups in total. The third-order valence-electron chi connectivity index (χ3n) is 5.44. The van der Waals surface area contributed by atoms with E-state index in [2.05, 4.69) is 86.9 Å². The number of benzene rings is 2. The summed E-state index contributed by atoms with van der Waals surface area (Å²) in [6.45, 7) is 4.82. The van der Waals surface area contributed by atoms with E-state index in [1.54, 1.807) is 0 Å². The van der Waals surface area contributed by atoms with Crippen molar-refractivity contribution in [2.24, 2.45) is 0 Å². The first kappa shape index (κ1) is 25.7. The molecule has 0 bridgehead atoms. The number of nitrogens with one attached hydrogen (secondary N) is 2. The Hall–Kier alpha value is -1.53. The number of rotatable bonds is 14. The van der Waals surface area contributed by atoms with E-state index in [0.29, 0.717) is 13.1 Å². The first-order valence-electron chi connectivity index (χ1n) is 11.1. The molecule has 172 valence electrons. The van der Waals surface area contributed by atoms with Gasteiger partial charge in [-0.2, -0.15) is 0 Å². The molecule has 0 aromatic heterocycles. The van der Waals surface area contributed by atoms with Crippen LogP contribution in [0.2, 0.25) is 0 Å². The fraction of sp³-hybridized carbons (Fsp3) is 0.500. The molecule has 0 unspecified atom stereocenters. The lowest BCUT2D eigenvalue weighted by molar-refractivity contribution is -0.903. The van der Waals surface area contributed by atoms with Gasteiger partial charge in [0.15, 0.2) is 0 Å². The summed E-state index contributed by atoms with van der Waals surface area (Å²) in [7, 11) is 5.27. The third-order valence-corrected chi connectivity index (χ3v) is 6.74. The molecule has 0 aliphatic heterocycles. The maximum absolute atomic E-state index is 12.4. The highest BCUT2D eigenvalue weighted by Gasteiger charge is 2.20. The molecular formula is C24H41N4O2P+2. The van der Waals surface area contributed by atoms with E-state index >= 15 is 0 Å². The van der Waals surface area contributed by atoms with Gasteiger partial charge in [0.25, 0.3) is 0 Å². The summed E-state index contributed by atoms with van der Waals surface area (Å²) in [6, 6.07) is 20.9. The van der Waals surface area contributed by atoms with Crippen LogP contribution in [0.1, 0.15) is 24.0 Å². The van der Waals surface area contributed by atoms with Crippen LogP contribution in [0.5, 0.6) is 0 Å². The normalized spacial score (nSPS) is 12.8. The summed E-state index contributed by atoms with van der Waals surface area (Å²) in [4.78, 5) is 10.2. The number of nitrogens with zero attached hydrogens (tertiary/aromatic N) is 2. The Kier molecular flexibility index (Phi) is 9.89. The van der Waals surface area contributed by atoms with Crippen molar-refractivity contribution in [3.8, 4) is 0 Å². The molecule has 6 nitrogen and oxygen atoms in total. The summed E-state index contributed by atoms with van der Waals surface area (Å²) in [5.74, 6) is 0. The van der Waals surface area contributed by atoms with Crippen molar-refractivity contribution in [3.05, 3.63) is 71.8 Å². The summed E-state index contributed by atoms with van der Waals surface area (Å²) < 4.78 is 14.1. The smallest absolute Gasteiger partial charge is 0.325 e. The van der Waals surface area contributed by atoms with Gasteiger partial charge in [-0.1, -0.05) is 60.7 Å². The van der Waals surface area contributed by atoms with Gasteiger partial charge in [-0.3, -0.25) is 4.57 Å². The molecule has 2 aromatic rings. The van der Waals surface area contributed by atoms with E-state index in [0.717, 1.165) is 48.0 Å². The molecule has 31 heavy (non-hydrogen) atoms. The zero-order chi connectivity index (χ0) is 22.8. The zero-order valence-electron chi connectivity index (χ0n) is 19.6. The fourth-order valence-electron chi connectivity index (χ4n) is 3.84. The fourth-order valence-corrected chi connectivity index (χ4v) is 4.88. The maximum atomic E-state index is 12.4. The Balaban J connectivity index is 1.62. The van der Waals surface area contributed by atoms with Gasteiger partial charge >= 0.3 is 7.67 Å². The van der Waals surface area contributed by atoms with Crippen LogP contribution in [0, 0.1) is 0 Å². The van der Waals surface area contributed by atoms with Crippen molar-refractivity contribution in [1.29, 1.82) is 0 Å². The van der Waals surface area contributed by atoms with Crippen LogP contribution in [0.15, 0.2) is 60.7 Å². The standard InChI is InChI=1S/C24H40N4O2P/c1-27(2,21-23-13-7-5-8-14-23)19-11-17-25-31(29,30)26-18-12-20-28(3,4)22-24-15-9-6-10-16-24/h5-10,13-16H,11-12,17-22H2,1-4H3,(H2-,25,26,29,30)/q+1/p+1. The quantitative estimate of drug-likeness (QED) is 0.235. The molecule has 7 heteroatoms. The lowest BCUT2D eigenvalue weighted by Crippen LogP contribution is -2.41. The average Bonchev–Trinajstić information content (AvgIpc) is 2.70. The average molecular weight is 449 g/mol. The van der Waals surface area contributed by atoms with Crippen LogP contribution in [-0.2, 0) is 17.7 Å². The maximum Gasteiger partial charge on any atom is 0.338 e. The second-order valence-electron chi connectivity index (χ2n) is 9.71. The zero-order valence-corrected chi connectivity index (χ0v) is 20.5. The number of hydrogen-bond acceptors (Lipinski definition) is 1. The van der Waals surface area contributed by atoms with Crippen LogP contribution in [0.25, 0.3) is 0 Å². The Morgan fingerprint density at radius 3 is 1.42 bits per heavy atom. The summed E-state index contributed by atoms with van der Waals surface area (Å²) in [5, 5.41) is 5.64.